The molecule has 37 heavy (non-hydrogen) atoms. The average molecular weight is 538 g/mol. The van der Waals surface area contributed by atoms with E-state index in [9.17, 15) is 10.1 Å². The molecule has 1 atom stereocenters. The van der Waals surface area contributed by atoms with Crippen LogP contribution in [0.25, 0.3) is 0 Å². The molecule has 0 radical (unpaired) electrons. The molecule has 192 valence electrons. The third-order valence-corrected chi connectivity index (χ3v) is 7.02. The summed E-state index contributed by atoms with van der Waals surface area (Å²) in [6.45, 7) is 3.54. The lowest BCUT2D eigenvalue weighted by Crippen LogP contribution is -2.42. The lowest BCUT2D eigenvalue weighted by molar-refractivity contribution is -0.135. The lowest BCUT2D eigenvalue weighted by atomic mass is 9.95. The maximum absolute atomic E-state index is 13.0. The smallest absolute Gasteiger partial charge is 0.225 e. The van der Waals surface area contributed by atoms with Gasteiger partial charge in [-0.1, -0.05) is 41.4 Å². The number of benzene rings is 1. The molecule has 0 spiro atoms. The second-order valence-electron chi connectivity index (χ2n) is 9.11. The van der Waals surface area contributed by atoms with Crippen LogP contribution in [0.1, 0.15) is 24.8 Å². The van der Waals surface area contributed by atoms with E-state index in [0.29, 0.717) is 29.0 Å². The van der Waals surface area contributed by atoms with Crippen LogP contribution >= 0.6 is 23.2 Å². The number of aromatic nitrogens is 2. The van der Waals surface area contributed by atoms with Crippen molar-refractivity contribution in [2.45, 2.75) is 19.3 Å². The van der Waals surface area contributed by atoms with Crippen LogP contribution in [0.4, 0.5) is 5.82 Å². The van der Waals surface area contributed by atoms with Crippen molar-refractivity contribution >= 4 is 34.9 Å². The Balaban J connectivity index is 0.000000396. The van der Waals surface area contributed by atoms with E-state index in [-0.39, 0.29) is 11.8 Å². The molecular formula is C28H29Cl2N5O2. The number of pyridine rings is 2. The Kier molecular flexibility index (Phi) is 9.58. The highest BCUT2D eigenvalue weighted by Crippen LogP contribution is 2.27. The molecule has 2 aliphatic rings. The van der Waals surface area contributed by atoms with Gasteiger partial charge in [-0.15, -0.1) is 0 Å². The van der Waals surface area contributed by atoms with Gasteiger partial charge in [-0.3, -0.25) is 4.79 Å². The highest BCUT2D eigenvalue weighted by Gasteiger charge is 2.33. The molecule has 5 rings (SSSR count). The number of carbonyl (C=O) groups excluding carboxylic acids is 1. The lowest BCUT2D eigenvalue weighted by Gasteiger charge is -2.34. The Morgan fingerprint density at radius 3 is 2.41 bits per heavy atom. The maximum atomic E-state index is 13.0. The van der Waals surface area contributed by atoms with Crippen LogP contribution in [-0.4, -0.2) is 53.6 Å². The standard InChI is InChI=1S/C22H24ClN5O2.C6H5Cl/c23-19-3-4-20(26-13-19)30-15-16-5-9-28(14-16)22(29)17-6-10-27(11-7-17)21-18(12-24)2-1-8-25-21;7-6-4-2-1-3-5-6/h1-4,8,13,16-17H,5-7,9-11,14-15H2;1-5H. The summed E-state index contributed by atoms with van der Waals surface area (Å²) in [5.41, 5.74) is 0.583. The minimum absolute atomic E-state index is 0.0353. The van der Waals surface area contributed by atoms with Crippen LogP contribution in [0.2, 0.25) is 10.0 Å². The topological polar surface area (TPSA) is 82.4 Å². The van der Waals surface area contributed by atoms with Crippen molar-refractivity contribution in [1.82, 2.24) is 14.9 Å². The second kappa shape index (κ2) is 13.3. The van der Waals surface area contributed by atoms with E-state index >= 15 is 0 Å². The number of anilines is 1. The minimum Gasteiger partial charge on any atom is -0.477 e. The summed E-state index contributed by atoms with van der Waals surface area (Å²) in [5, 5.41) is 10.7. The molecule has 2 saturated heterocycles. The molecule has 1 aromatic carbocycles. The van der Waals surface area contributed by atoms with Crippen LogP contribution < -0.4 is 9.64 Å². The van der Waals surface area contributed by atoms with Crippen LogP contribution in [0.5, 0.6) is 5.88 Å². The number of piperidine rings is 1. The summed E-state index contributed by atoms with van der Waals surface area (Å²) in [7, 11) is 0. The summed E-state index contributed by atoms with van der Waals surface area (Å²) < 4.78 is 5.76. The van der Waals surface area contributed by atoms with Crippen molar-refractivity contribution in [3.8, 4) is 11.9 Å². The first-order valence-corrected chi connectivity index (χ1v) is 13.1. The predicted octanol–water partition coefficient (Wildman–Crippen LogP) is 5.49. The number of amides is 1. The van der Waals surface area contributed by atoms with Gasteiger partial charge in [0.1, 0.15) is 11.9 Å². The Bertz CT molecular complexity index is 1200. The van der Waals surface area contributed by atoms with Crippen molar-refractivity contribution in [3.63, 3.8) is 0 Å². The highest BCUT2D eigenvalue weighted by molar-refractivity contribution is 6.30. The fraction of sp³-hybridized carbons (Fsp3) is 0.357. The van der Waals surface area contributed by atoms with Crippen molar-refractivity contribution in [1.29, 1.82) is 5.26 Å². The van der Waals surface area contributed by atoms with E-state index in [2.05, 4.69) is 20.9 Å². The SMILES string of the molecule is Clc1ccccc1.N#Cc1cccnc1N1CCC(C(=O)N2CCC(COc3ccc(Cl)cn3)C2)CC1. The number of nitriles is 1. The zero-order chi connectivity index (χ0) is 26.0. The van der Waals surface area contributed by atoms with Gasteiger partial charge in [-0.25, -0.2) is 9.97 Å². The van der Waals surface area contributed by atoms with Crippen molar-refractivity contribution in [2.75, 3.05) is 37.7 Å². The van der Waals surface area contributed by atoms with E-state index in [1.165, 1.54) is 0 Å². The Hall–Kier alpha value is -3.34. The van der Waals surface area contributed by atoms with Gasteiger partial charge < -0.3 is 14.5 Å². The van der Waals surface area contributed by atoms with E-state index in [4.69, 9.17) is 27.9 Å². The van der Waals surface area contributed by atoms with Crippen LogP contribution in [0.15, 0.2) is 67.0 Å². The summed E-state index contributed by atoms with van der Waals surface area (Å²) in [4.78, 5) is 25.6. The number of halogens is 2. The van der Waals surface area contributed by atoms with Crippen LogP contribution in [0, 0.1) is 23.2 Å². The number of likely N-dealkylation sites (tertiary alicyclic amines) is 1. The fourth-order valence-electron chi connectivity index (χ4n) is 4.57. The molecule has 7 nitrogen and oxygen atoms in total. The number of nitrogens with zero attached hydrogens (tertiary/aromatic N) is 5. The normalized spacial score (nSPS) is 17.5. The van der Waals surface area contributed by atoms with Gasteiger partial charge in [0, 0.05) is 61.5 Å². The van der Waals surface area contributed by atoms with E-state index in [1.807, 2.05) is 35.2 Å². The van der Waals surface area contributed by atoms with E-state index in [0.717, 1.165) is 56.3 Å². The molecule has 2 aromatic heterocycles. The van der Waals surface area contributed by atoms with Gasteiger partial charge in [0.25, 0.3) is 0 Å². The minimum atomic E-state index is 0.0353. The monoisotopic (exact) mass is 537 g/mol. The molecule has 2 fully saturated rings. The van der Waals surface area contributed by atoms with Crippen LogP contribution in [-0.2, 0) is 4.79 Å². The van der Waals surface area contributed by atoms with Gasteiger partial charge in [-0.05, 0) is 49.6 Å². The number of hydrogen-bond donors (Lipinski definition) is 0. The molecule has 1 amide bonds. The predicted molar refractivity (Wildman–Crippen MR) is 145 cm³/mol. The summed E-state index contributed by atoms with van der Waals surface area (Å²) in [6, 6.07) is 18.7. The average Bonchev–Trinajstić information content (AvgIpc) is 3.42. The number of rotatable bonds is 5. The van der Waals surface area contributed by atoms with Gasteiger partial charge in [-0.2, -0.15) is 5.26 Å². The first-order valence-electron chi connectivity index (χ1n) is 12.4. The zero-order valence-corrected chi connectivity index (χ0v) is 22.0. The van der Waals surface area contributed by atoms with Gasteiger partial charge in [0.2, 0.25) is 11.8 Å². The van der Waals surface area contributed by atoms with E-state index < -0.39 is 0 Å². The largest absolute Gasteiger partial charge is 0.477 e. The number of ether oxygens (including phenoxy) is 1. The Labute approximate surface area is 227 Å². The van der Waals surface area contributed by atoms with Gasteiger partial charge in [0.15, 0.2) is 0 Å². The first-order chi connectivity index (χ1) is 18.0. The molecule has 0 aliphatic carbocycles. The molecule has 4 heterocycles. The quantitative estimate of drug-likeness (QED) is 0.428. The Morgan fingerprint density at radius 1 is 0.973 bits per heavy atom. The zero-order valence-electron chi connectivity index (χ0n) is 20.5. The number of carbonyl (C=O) groups is 1. The molecular weight excluding hydrogens is 509 g/mol. The first kappa shape index (κ1) is 26.7. The molecule has 0 bridgehead atoms. The summed E-state index contributed by atoms with van der Waals surface area (Å²) in [5.74, 6) is 1.87. The van der Waals surface area contributed by atoms with E-state index in [1.54, 1.807) is 36.7 Å². The maximum Gasteiger partial charge on any atom is 0.225 e. The highest BCUT2D eigenvalue weighted by atomic mass is 35.5. The van der Waals surface area contributed by atoms with Gasteiger partial charge in [0.05, 0.1) is 17.2 Å². The van der Waals surface area contributed by atoms with Gasteiger partial charge >= 0.3 is 0 Å². The molecule has 2 aliphatic heterocycles. The molecule has 1 unspecified atom stereocenters. The molecule has 3 aromatic rings. The summed E-state index contributed by atoms with van der Waals surface area (Å²) in [6.07, 6.45) is 5.79. The molecule has 9 heteroatoms. The Morgan fingerprint density at radius 2 is 1.76 bits per heavy atom. The van der Waals surface area contributed by atoms with Crippen molar-refractivity contribution < 1.29 is 9.53 Å². The number of hydrogen-bond acceptors (Lipinski definition) is 6. The fourth-order valence-corrected chi connectivity index (χ4v) is 4.82. The third kappa shape index (κ3) is 7.58. The third-order valence-electron chi connectivity index (χ3n) is 6.55. The second-order valence-corrected chi connectivity index (χ2v) is 9.98. The van der Waals surface area contributed by atoms with Crippen molar-refractivity contribution in [2.24, 2.45) is 11.8 Å². The molecule has 0 N–H and O–H groups in total. The summed E-state index contributed by atoms with van der Waals surface area (Å²) >= 11 is 11.4. The molecule has 0 saturated carbocycles. The van der Waals surface area contributed by atoms with Crippen molar-refractivity contribution in [3.05, 3.63) is 82.6 Å². The van der Waals surface area contributed by atoms with Crippen LogP contribution in [0.3, 0.4) is 0 Å².